The lowest BCUT2D eigenvalue weighted by atomic mass is 10.0. The van der Waals surface area contributed by atoms with Gasteiger partial charge in [0, 0.05) is 38.6 Å². The summed E-state index contributed by atoms with van der Waals surface area (Å²) in [5.41, 5.74) is 1.40. The van der Waals surface area contributed by atoms with Gasteiger partial charge >= 0.3 is 0 Å². The summed E-state index contributed by atoms with van der Waals surface area (Å²) in [4.78, 5) is 6.40. The van der Waals surface area contributed by atoms with Crippen molar-refractivity contribution in [1.82, 2.24) is 9.88 Å². The first-order valence-electron chi connectivity index (χ1n) is 7.71. The van der Waals surface area contributed by atoms with E-state index in [2.05, 4.69) is 48.0 Å². The molecule has 1 saturated heterocycles. The van der Waals surface area contributed by atoms with Crippen molar-refractivity contribution in [1.29, 1.82) is 0 Å². The zero-order valence-corrected chi connectivity index (χ0v) is 14.8. The Balaban J connectivity index is 0.00000208. The monoisotopic (exact) mass is 352 g/mol. The first kappa shape index (κ1) is 16.6. The molecule has 1 aliphatic rings. The highest BCUT2D eigenvalue weighted by Gasteiger charge is 2.39. The third kappa shape index (κ3) is 4.17. The summed E-state index contributed by atoms with van der Waals surface area (Å²) in [6.45, 7) is 6.31. The van der Waals surface area contributed by atoms with Crippen molar-refractivity contribution in [2.24, 2.45) is 0 Å². The van der Waals surface area contributed by atoms with E-state index < -0.39 is 0 Å². The first-order chi connectivity index (χ1) is 10.9. The van der Waals surface area contributed by atoms with Crippen LogP contribution in [-0.4, -0.2) is 28.1 Å². The Kier molecular flexibility index (Phi) is 4.81. The summed E-state index contributed by atoms with van der Waals surface area (Å²) >= 11 is 11.9. The molecule has 124 valence electrons. The molecule has 0 saturated carbocycles. The summed E-state index contributed by atoms with van der Waals surface area (Å²) in [5.74, 6) is 0.678. The van der Waals surface area contributed by atoms with Crippen molar-refractivity contribution in [3.8, 4) is 5.75 Å². The lowest BCUT2D eigenvalue weighted by molar-refractivity contribution is 0.161. The minimum atomic E-state index is 0. The number of hydrogen-bond acceptors (Lipinski definition) is 3. The summed E-state index contributed by atoms with van der Waals surface area (Å²) in [7, 11) is 0. The highest BCUT2D eigenvalue weighted by Crippen LogP contribution is 2.33. The average Bonchev–Trinajstić information content (AvgIpc) is 2.72. The minimum absolute atomic E-state index is 0. The van der Waals surface area contributed by atoms with Crippen LogP contribution in [0.15, 0.2) is 42.5 Å². The molecule has 3 rings (SSSR count). The Morgan fingerprint density at radius 3 is 2.52 bits per heavy atom. The lowest BCUT2D eigenvalue weighted by Crippen LogP contribution is -2.37. The molecular formula is C18H22Cl2N2O. The maximum Gasteiger partial charge on any atom is 0.134 e. The van der Waals surface area contributed by atoms with Gasteiger partial charge in [0.15, 0.2) is 0 Å². The topological polar surface area (TPSA) is 25.4 Å². The molecule has 1 aliphatic heterocycles. The Hall–Kier alpha value is -1.29. The van der Waals surface area contributed by atoms with E-state index in [1.807, 2.05) is 6.07 Å². The molecule has 0 radical (unpaired) electrons. The molecule has 0 bridgehead atoms. The standard InChI is InChI=1S/C18H20Cl2N2O.H2/c1-18(2)10-15(23-14-8-16(19)21-17(20)9-14)12-22(18)11-13-6-4-3-5-7-13;/h3-9,15H,10-12H2,1-2H3;1H. The van der Waals surface area contributed by atoms with Crippen LogP contribution in [-0.2, 0) is 6.54 Å². The van der Waals surface area contributed by atoms with Crippen LogP contribution in [0.4, 0.5) is 0 Å². The van der Waals surface area contributed by atoms with Crippen molar-refractivity contribution >= 4 is 23.2 Å². The van der Waals surface area contributed by atoms with E-state index in [1.54, 1.807) is 12.1 Å². The Bertz CT molecular complexity index is 662. The van der Waals surface area contributed by atoms with Crippen LogP contribution in [0, 0.1) is 0 Å². The fourth-order valence-electron chi connectivity index (χ4n) is 3.11. The molecule has 1 aromatic carbocycles. The van der Waals surface area contributed by atoms with Gasteiger partial charge in [0.1, 0.15) is 22.2 Å². The molecule has 0 amide bonds. The van der Waals surface area contributed by atoms with E-state index >= 15 is 0 Å². The molecule has 0 aliphatic carbocycles. The molecule has 1 fully saturated rings. The smallest absolute Gasteiger partial charge is 0.134 e. The fourth-order valence-corrected chi connectivity index (χ4v) is 3.55. The summed E-state index contributed by atoms with van der Waals surface area (Å²) in [6.07, 6.45) is 1.07. The number of ether oxygens (including phenoxy) is 1. The van der Waals surface area contributed by atoms with E-state index in [1.165, 1.54) is 5.56 Å². The van der Waals surface area contributed by atoms with E-state index in [-0.39, 0.29) is 13.1 Å². The summed E-state index contributed by atoms with van der Waals surface area (Å²) in [6, 6.07) is 13.9. The van der Waals surface area contributed by atoms with Gasteiger partial charge in [-0.1, -0.05) is 53.5 Å². The van der Waals surface area contributed by atoms with E-state index in [0.29, 0.717) is 16.1 Å². The molecule has 2 heterocycles. The third-order valence-electron chi connectivity index (χ3n) is 4.26. The molecule has 1 aromatic heterocycles. The molecule has 2 aromatic rings. The normalized spacial score (nSPS) is 20.6. The van der Waals surface area contributed by atoms with Crippen molar-refractivity contribution in [3.63, 3.8) is 0 Å². The first-order valence-corrected chi connectivity index (χ1v) is 8.47. The SMILES string of the molecule is CC1(C)CC(Oc2cc(Cl)nc(Cl)c2)CN1Cc1ccccc1.[HH]. The molecule has 3 nitrogen and oxygen atoms in total. The van der Waals surface area contributed by atoms with Crippen LogP contribution in [0.2, 0.25) is 10.3 Å². The zero-order valence-electron chi connectivity index (χ0n) is 13.3. The van der Waals surface area contributed by atoms with Gasteiger partial charge in [0.2, 0.25) is 0 Å². The quantitative estimate of drug-likeness (QED) is 0.718. The molecule has 23 heavy (non-hydrogen) atoms. The Morgan fingerprint density at radius 2 is 1.87 bits per heavy atom. The van der Waals surface area contributed by atoms with Gasteiger partial charge in [-0.25, -0.2) is 4.98 Å². The molecule has 0 spiro atoms. The van der Waals surface area contributed by atoms with Crippen molar-refractivity contribution < 1.29 is 6.16 Å². The number of aromatic nitrogens is 1. The number of rotatable bonds is 4. The predicted octanol–water partition coefficient (Wildman–Crippen LogP) is 5.07. The van der Waals surface area contributed by atoms with Crippen LogP contribution in [0.5, 0.6) is 5.75 Å². The van der Waals surface area contributed by atoms with Crippen molar-refractivity contribution in [2.45, 2.75) is 38.5 Å². The third-order valence-corrected chi connectivity index (χ3v) is 4.65. The van der Waals surface area contributed by atoms with E-state index in [4.69, 9.17) is 27.9 Å². The Morgan fingerprint density at radius 1 is 1.22 bits per heavy atom. The largest absolute Gasteiger partial charge is 0.489 e. The van der Waals surface area contributed by atoms with Gasteiger partial charge in [-0.3, -0.25) is 4.90 Å². The number of nitrogens with zero attached hydrogens (tertiary/aromatic N) is 2. The zero-order chi connectivity index (χ0) is 16.4. The lowest BCUT2D eigenvalue weighted by Gasteiger charge is -2.30. The van der Waals surface area contributed by atoms with Gasteiger partial charge in [0.25, 0.3) is 0 Å². The van der Waals surface area contributed by atoms with Gasteiger partial charge < -0.3 is 4.74 Å². The average molecular weight is 353 g/mol. The second kappa shape index (κ2) is 6.68. The predicted molar refractivity (Wildman–Crippen MR) is 96.3 cm³/mol. The van der Waals surface area contributed by atoms with Crippen LogP contribution >= 0.6 is 23.2 Å². The second-order valence-electron chi connectivity index (χ2n) is 6.57. The van der Waals surface area contributed by atoms with E-state index in [0.717, 1.165) is 19.5 Å². The molecular weight excluding hydrogens is 331 g/mol. The maximum absolute atomic E-state index is 6.09. The van der Waals surface area contributed by atoms with Crippen LogP contribution < -0.4 is 4.74 Å². The van der Waals surface area contributed by atoms with Crippen LogP contribution in [0.3, 0.4) is 0 Å². The minimum Gasteiger partial charge on any atom is -0.489 e. The number of likely N-dealkylation sites (tertiary alicyclic amines) is 1. The van der Waals surface area contributed by atoms with Gasteiger partial charge in [-0.2, -0.15) is 0 Å². The second-order valence-corrected chi connectivity index (χ2v) is 7.35. The van der Waals surface area contributed by atoms with Gasteiger partial charge in [0.05, 0.1) is 0 Å². The van der Waals surface area contributed by atoms with Crippen molar-refractivity contribution in [3.05, 3.63) is 58.3 Å². The molecule has 5 heteroatoms. The summed E-state index contributed by atoms with van der Waals surface area (Å²) < 4.78 is 6.09. The highest BCUT2D eigenvalue weighted by molar-refractivity contribution is 6.32. The number of benzene rings is 1. The maximum atomic E-state index is 6.09. The highest BCUT2D eigenvalue weighted by atomic mass is 35.5. The number of hydrogen-bond donors (Lipinski definition) is 0. The van der Waals surface area contributed by atoms with Crippen LogP contribution in [0.1, 0.15) is 27.3 Å². The fraction of sp³-hybridized carbons (Fsp3) is 0.389. The van der Waals surface area contributed by atoms with E-state index in [9.17, 15) is 0 Å². The summed E-state index contributed by atoms with van der Waals surface area (Å²) in [5, 5.41) is 0.705. The van der Waals surface area contributed by atoms with Crippen LogP contribution in [0.25, 0.3) is 0 Å². The number of pyridine rings is 1. The molecule has 1 atom stereocenters. The van der Waals surface area contributed by atoms with Gasteiger partial charge in [-0.15, -0.1) is 0 Å². The Labute approximate surface area is 148 Å². The van der Waals surface area contributed by atoms with Gasteiger partial charge in [-0.05, 0) is 19.4 Å². The number of halogens is 2. The molecule has 0 N–H and O–H groups in total. The van der Waals surface area contributed by atoms with Crippen molar-refractivity contribution in [2.75, 3.05) is 6.54 Å². The molecule has 1 unspecified atom stereocenters.